The lowest BCUT2D eigenvalue weighted by atomic mass is 10.2. The first kappa shape index (κ1) is 15.5. The molecule has 0 amide bonds. The van der Waals surface area contributed by atoms with Gasteiger partial charge in [0.05, 0.1) is 6.21 Å². The number of hydrogen-bond acceptors (Lipinski definition) is 4. The van der Waals surface area contributed by atoms with Gasteiger partial charge >= 0.3 is 0 Å². The molecule has 8 heteroatoms. The topological polar surface area (TPSA) is 63.5 Å². The van der Waals surface area contributed by atoms with E-state index >= 15 is 0 Å². The number of nitrogens with zero attached hydrogens (tertiary/aromatic N) is 1. The third kappa shape index (κ3) is 4.83. The highest BCUT2D eigenvalue weighted by Crippen LogP contribution is 2.28. The van der Waals surface area contributed by atoms with Crippen LogP contribution in [-0.4, -0.2) is 17.1 Å². The van der Waals surface area contributed by atoms with Gasteiger partial charge in [-0.1, -0.05) is 23.9 Å². The molecule has 0 saturated carbocycles. The highest BCUT2D eigenvalue weighted by Gasteiger charge is 2.07. The van der Waals surface area contributed by atoms with Gasteiger partial charge in [0.15, 0.2) is 5.11 Å². The Hall–Kier alpha value is -1.93. The Bertz CT molecular complexity index is 641. The van der Waals surface area contributed by atoms with Crippen molar-refractivity contribution in [3.63, 3.8) is 0 Å². The molecule has 0 unspecified atom stereocenters. The van der Waals surface area contributed by atoms with Crippen LogP contribution in [0.25, 0.3) is 11.3 Å². The van der Waals surface area contributed by atoms with Crippen LogP contribution in [0.3, 0.4) is 0 Å². The van der Waals surface area contributed by atoms with Crippen LogP contribution in [0, 0.1) is 0 Å². The minimum Gasteiger partial charge on any atom is -0.455 e. The number of thioether (sulfide) groups is 1. The summed E-state index contributed by atoms with van der Waals surface area (Å²) in [5.74, 6) is -1.30. The molecule has 0 saturated heterocycles. The van der Waals surface area contributed by atoms with Crippen LogP contribution in [0.15, 0.2) is 50.8 Å². The second-order valence-corrected chi connectivity index (χ2v) is 5.34. The summed E-state index contributed by atoms with van der Waals surface area (Å²) in [6.45, 7) is 0. The van der Waals surface area contributed by atoms with Gasteiger partial charge < -0.3 is 10.2 Å². The number of halogens is 2. The van der Waals surface area contributed by atoms with Crippen molar-refractivity contribution in [3.05, 3.63) is 42.2 Å². The minimum absolute atomic E-state index is 0.0603. The number of hydrogen-bond donors (Lipinski definition) is 2. The van der Waals surface area contributed by atoms with E-state index in [1.165, 1.54) is 6.21 Å². The van der Waals surface area contributed by atoms with Gasteiger partial charge in [-0.3, -0.25) is 5.43 Å². The Kier molecular flexibility index (Phi) is 5.29. The van der Waals surface area contributed by atoms with E-state index < -0.39 is 5.76 Å². The monoisotopic (exact) mass is 327 g/mol. The van der Waals surface area contributed by atoms with Crippen molar-refractivity contribution in [2.75, 3.05) is 0 Å². The number of nitrogens with one attached hydrogen (secondary N) is 1. The highest BCUT2D eigenvalue weighted by atomic mass is 32.2. The van der Waals surface area contributed by atoms with E-state index in [9.17, 15) is 8.78 Å². The molecule has 2 aromatic rings. The molecule has 21 heavy (non-hydrogen) atoms. The van der Waals surface area contributed by atoms with Crippen molar-refractivity contribution in [3.8, 4) is 11.3 Å². The molecule has 1 aromatic carbocycles. The number of nitrogens with two attached hydrogens (primary N) is 1. The second kappa shape index (κ2) is 7.19. The van der Waals surface area contributed by atoms with Crippen molar-refractivity contribution < 1.29 is 13.2 Å². The van der Waals surface area contributed by atoms with Gasteiger partial charge in [-0.25, -0.2) is 0 Å². The largest absolute Gasteiger partial charge is 0.455 e. The van der Waals surface area contributed by atoms with Crippen LogP contribution < -0.4 is 11.2 Å². The zero-order chi connectivity index (χ0) is 15.2. The van der Waals surface area contributed by atoms with Gasteiger partial charge in [-0.2, -0.15) is 13.9 Å². The highest BCUT2D eigenvalue weighted by molar-refractivity contribution is 7.99. The van der Waals surface area contributed by atoms with Crippen LogP contribution in [-0.2, 0) is 0 Å². The SMILES string of the molecule is NC(=S)NN=Cc1ccc(-c2ccc(SC(F)F)cc2)o1. The van der Waals surface area contributed by atoms with Crippen LogP contribution in [0.1, 0.15) is 5.76 Å². The molecule has 110 valence electrons. The molecule has 0 radical (unpaired) electrons. The van der Waals surface area contributed by atoms with Gasteiger partial charge in [0, 0.05) is 10.5 Å². The molecule has 0 fully saturated rings. The molecule has 4 nitrogen and oxygen atoms in total. The molecule has 1 aromatic heterocycles. The van der Waals surface area contributed by atoms with Crippen molar-refractivity contribution in [2.24, 2.45) is 10.8 Å². The number of thiocarbonyl (C=S) groups is 1. The summed E-state index contributed by atoms with van der Waals surface area (Å²) in [4.78, 5) is 0.503. The van der Waals surface area contributed by atoms with E-state index in [1.54, 1.807) is 36.4 Å². The maximum Gasteiger partial charge on any atom is 0.288 e. The zero-order valence-corrected chi connectivity index (χ0v) is 12.3. The summed E-state index contributed by atoms with van der Waals surface area (Å²) in [5.41, 5.74) is 8.42. The minimum atomic E-state index is -2.43. The number of alkyl halides is 2. The Morgan fingerprint density at radius 1 is 1.29 bits per heavy atom. The van der Waals surface area contributed by atoms with Gasteiger partial charge in [0.2, 0.25) is 0 Å². The number of benzene rings is 1. The van der Waals surface area contributed by atoms with Gasteiger partial charge in [-0.15, -0.1) is 0 Å². The Morgan fingerprint density at radius 3 is 2.62 bits per heavy atom. The first-order valence-electron chi connectivity index (χ1n) is 5.78. The molecule has 0 atom stereocenters. The van der Waals surface area contributed by atoms with Crippen LogP contribution in [0.4, 0.5) is 8.78 Å². The van der Waals surface area contributed by atoms with Crippen LogP contribution >= 0.6 is 24.0 Å². The lowest BCUT2D eigenvalue weighted by Gasteiger charge is -2.01. The van der Waals surface area contributed by atoms with E-state index in [4.69, 9.17) is 10.2 Å². The summed E-state index contributed by atoms with van der Waals surface area (Å²) in [7, 11) is 0. The Labute approximate surface area is 129 Å². The van der Waals surface area contributed by atoms with E-state index in [0.29, 0.717) is 28.2 Å². The van der Waals surface area contributed by atoms with E-state index in [0.717, 1.165) is 5.56 Å². The van der Waals surface area contributed by atoms with Crippen molar-refractivity contribution in [2.45, 2.75) is 10.7 Å². The summed E-state index contributed by atoms with van der Waals surface area (Å²) < 4.78 is 30.0. The predicted molar refractivity (Wildman–Crippen MR) is 83.5 cm³/mol. The van der Waals surface area contributed by atoms with E-state index in [-0.39, 0.29) is 5.11 Å². The molecule has 1 heterocycles. The quantitative estimate of drug-likeness (QED) is 0.381. The first-order valence-corrected chi connectivity index (χ1v) is 7.07. The van der Waals surface area contributed by atoms with Crippen molar-refractivity contribution >= 4 is 35.3 Å². The molecule has 2 rings (SSSR count). The van der Waals surface area contributed by atoms with E-state index in [2.05, 4.69) is 22.7 Å². The number of hydrazone groups is 1. The number of furan rings is 1. The smallest absolute Gasteiger partial charge is 0.288 e. The molecule has 3 N–H and O–H groups in total. The Balaban J connectivity index is 2.07. The van der Waals surface area contributed by atoms with Crippen LogP contribution in [0.2, 0.25) is 0 Å². The maximum absolute atomic E-state index is 12.2. The summed E-state index contributed by atoms with van der Waals surface area (Å²) in [5, 5.41) is 3.83. The molecule has 0 bridgehead atoms. The molecule has 0 aliphatic heterocycles. The number of rotatable bonds is 5. The average Bonchev–Trinajstić information content (AvgIpc) is 2.87. The predicted octanol–water partition coefficient (Wildman–Crippen LogP) is 3.43. The third-order valence-electron chi connectivity index (χ3n) is 2.36. The maximum atomic E-state index is 12.2. The Morgan fingerprint density at radius 2 is 2.00 bits per heavy atom. The lowest BCUT2D eigenvalue weighted by molar-refractivity contribution is 0.252. The van der Waals surface area contributed by atoms with E-state index in [1.807, 2.05) is 0 Å². The fourth-order valence-corrected chi connectivity index (χ4v) is 2.09. The van der Waals surface area contributed by atoms with Gasteiger partial charge in [0.1, 0.15) is 11.5 Å². The molecule has 0 spiro atoms. The fourth-order valence-electron chi connectivity index (χ4n) is 1.54. The molecule has 0 aliphatic rings. The zero-order valence-electron chi connectivity index (χ0n) is 10.6. The van der Waals surface area contributed by atoms with Crippen molar-refractivity contribution in [1.82, 2.24) is 5.43 Å². The summed E-state index contributed by atoms with van der Waals surface area (Å²) >= 11 is 5.11. The van der Waals surface area contributed by atoms with Crippen molar-refractivity contribution in [1.29, 1.82) is 0 Å². The average molecular weight is 327 g/mol. The third-order valence-corrected chi connectivity index (χ3v) is 3.17. The normalized spacial score (nSPS) is 11.2. The fraction of sp³-hybridized carbons (Fsp3) is 0.0769. The molecular weight excluding hydrogens is 316 g/mol. The van der Waals surface area contributed by atoms with Crippen LogP contribution in [0.5, 0.6) is 0 Å². The van der Waals surface area contributed by atoms with Gasteiger partial charge in [0.25, 0.3) is 5.76 Å². The summed E-state index contributed by atoms with van der Waals surface area (Å²) in [6.07, 6.45) is 1.43. The van der Waals surface area contributed by atoms with Gasteiger partial charge in [-0.05, 0) is 36.5 Å². The summed E-state index contributed by atoms with van der Waals surface area (Å²) in [6, 6.07) is 10.2. The molecular formula is C13H11F2N3OS2. The first-order chi connectivity index (χ1) is 10.0. The molecule has 0 aliphatic carbocycles. The lowest BCUT2D eigenvalue weighted by Crippen LogP contribution is -2.23. The standard InChI is InChI=1S/C13H11F2N3OS2/c14-12(15)21-10-4-1-8(2-5-10)11-6-3-9(19-11)7-17-18-13(16)20/h1-7,12H,(H3,16,18,20). The second-order valence-electron chi connectivity index (χ2n) is 3.84.